The Labute approximate surface area is 169 Å². The highest BCUT2D eigenvalue weighted by Gasteiger charge is 2.18. The van der Waals surface area contributed by atoms with Crippen LogP contribution in [-0.4, -0.2) is 22.9 Å². The number of hydrogen-bond donors (Lipinski definition) is 1. The van der Waals surface area contributed by atoms with Crippen LogP contribution in [0.2, 0.25) is 0 Å². The highest BCUT2D eigenvalue weighted by Crippen LogP contribution is 2.26. The first-order valence-corrected chi connectivity index (χ1v) is 9.34. The van der Waals surface area contributed by atoms with Gasteiger partial charge in [0.1, 0.15) is 0 Å². The lowest BCUT2D eigenvalue weighted by molar-refractivity contribution is -0.384. The molecule has 0 aliphatic rings. The second-order valence-electron chi connectivity index (χ2n) is 6.65. The number of amides is 1. The summed E-state index contributed by atoms with van der Waals surface area (Å²) in [5, 5.41) is 13.5. The molecule has 0 aliphatic heterocycles. The van der Waals surface area contributed by atoms with Crippen molar-refractivity contribution < 1.29 is 19.2 Å². The third-order valence-electron chi connectivity index (χ3n) is 4.54. The first kappa shape index (κ1) is 21.8. The summed E-state index contributed by atoms with van der Waals surface area (Å²) in [6.45, 7) is 5.65. The molecule has 0 spiro atoms. The molecule has 0 aromatic heterocycles. The van der Waals surface area contributed by atoms with Crippen LogP contribution in [0.5, 0.6) is 0 Å². The van der Waals surface area contributed by atoms with Crippen LogP contribution >= 0.6 is 0 Å². The summed E-state index contributed by atoms with van der Waals surface area (Å²) >= 11 is 0. The van der Waals surface area contributed by atoms with E-state index in [0.717, 1.165) is 12.0 Å². The zero-order valence-corrected chi connectivity index (χ0v) is 16.6. The number of rotatable bonds is 8. The zero-order valence-electron chi connectivity index (χ0n) is 16.6. The average molecular weight is 396 g/mol. The molecule has 0 bridgehead atoms. The minimum atomic E-state index is -0.978. The molecular formula is C22H24N2O5. The van der Waals surface area contributed by atoms with Gasteiger partial charge in [-0.15, -0.1) is 0 Å². The van der Waals surface area contributed by atoms with Gasteiger partial charge in [-0.25, -0.2) is 4.79 Å². The van der Waals surface area contributed by atoms with Crippen LogP contribution in [0, 0.1) is 10.1 Å². The van der Waals surface area contributed by atoms with Crippen molar-refractivity contribution in [2.75, 3.05) is 5.32 Å². The maximum absolute atomic E-state index is 12.4. The third-order valence-corrected chi connectivity index (χ3v) is 4.54. The lowest BCUT2D eigenvalue weighted by Gasteiger charge is -2.17. The summed E-state index contributed by atoms with van der Waals surface area (Å²) in [7, 11) is 0. The van der Waals surface area contributed by atoms with Gasteiger partial charge >= 0.3 is 5.97 Å². The van der Waals surface area contributed by atoms with Gasteiger partial charge in [0.25, 0.3) is 11.6 Å². The van der Waals surface area contributed by atoms with E-state index in [1.165, 1.54) is 43.3 Å². The largest absolute Gasteiger partial charge is 0.449 e. The van der Waals surface area contributed by atoms with Crippen molar-refractivity contribution in [3.8, 4) is 0 Å². The van der Waals surface area contributed by atoms with Crippen LogP contribution in [0.1, 0.15) is 44.2 Å². The van der Waals surface area contributed by atoms with Gasteiger partial charge in [0, 0.05) is 23.9 Å². The van der Waals surface area contributed by atoms with Gasteiger partial charge in [-0.1, -0.05) is 32.0 Å². The van der Waals surface area contributed by atoms with Crippen LogP contribution in [-0.2, 0) is 14.3 Å². The van der Waals surface area contributed by atoms with E-state index in [4.69, 9.17) is 4.74 Å². The Morgan fingerprint density at radius 3 is 2.41 bits per heavy atom. The van der Waals surface area contributed by atoms with E-state index in [1.807, 2.05) is 24.3 Å². The highest BCUT2D eigenvalue weighted by atomic mass is 16.6. The third kappa shape index (κ3) is 6.27. The van der Waals surface area contributed by atoms with Crippen LogP contribution in [0.4, 0.5) is 11.4 Å². The molecular weight excluding hydrogens is 372 g/mol. The van der Waals surface area contributed by atoms with E-state index < -0.39 is 22.9 Å². The van der Waals surface area contributed by atoms with E-state index >= 15 is 0 Å². The topological polar surface area (TPSA) is 98.5 Å². The Balaban J connectivity index is 1.95. The van der Waals surface area contributed by atoms with E-state index in [-0.39, 0.29) is 11.6 Å². The monoisotopic (exact) mass is 396 g/mol. The van der Waals surface area contributed by atoms with Gasteiger partial charge in [0.15, 0.2) is 6.10 Å². The SMILES string of the molecule is CC[C@@H](C)c1ccccc1NC(=O)[C@@H](C)OC(=O)/C=C/c1ccc([N+](=O)[O-])cc1. The van der Waals surface area contributed by atoms with Crippen LogP contribution in [0.3, 0.4) is 0 Å². The molecule has 1 amide bonds. The Kier molecular flexibility index (Phi) is 7.65. The number of hydrogen-bond acceptors (Lipinski definition) is 5. The van der Waals surface area contributed by atoms with Gasteiger partial charge in [-0.3, -0.25) is 14.9 Å². The number of nitrogens with one attached hydrogen (secondary N) is 1. The number of benzene rings is 2. The molecule has 2 atom stereocenters. The van der Waals surface area contributed by atoms with Crippen LogP contribution < -0.4 is 5.32 Å². The summed E-state index contributed by atoms with van der Waals surface area (Å²) in [5.41, 5.74) is 2.30. The molecule has 7 heteroatoms. The number of nitro groups is 1. The molecule has 0 radical (unpaired) electrons. The van der Waals surface area contributed by atoms with Crippen molar-refractivity contribution in [3.05, 3.63) is 75.8 Å². The molecule has 29 heavy (non-hydrogen) atoms. The predicted octanol–water partition coefficient (Wildman–Crippen LogP) is 4.69. The maximum Gasteiger partial charge on any atom is 0.331 e. The Bertz CT molecular complexity index is 906. The predicted molar refractivity (Wildman–Crippen MR) is 111 cm³/mol. The molecule has 0 aliphatic carbocycles. The van der Waals surface area contributed by atoms with Crippen molar-refractivity contribution in [2.24, 2.45) is 0 Å². The van der Waals surface area contributed by atoms with E-state index in [2.05, 4.69) is 19.2 Å². The van der Waals surface area contributed by atoms with Crippen LogP contribution in [0.15, 0.2) is 54.6 Å². The standard InChI is InChI=1S/C22H24N2O5/c1-4-15(2)19-7-5-6-8-20(19)23-22(26)16(3)29-21(25)14-11-17-9-12-18(13-10-17)24(27)28/h5-16H,4H2,1-3H3,(H,23,26)/b14-11+/t15-,16-/m1/s1. The van der Waals surface area contributed by atoms with Crippen molar-refractivity contribution >= 4 is 29.3 Å². The van der Waals surface area contributed by atoms with E-state index in [1.54, 1.807) is 0 Å². The number of nitro benzene ring substituents is 1. The molecule has 0 saturated heterocycles. The highest BCUT2D eigenvalue weighted by molar-refractivity contribution is 5.97. The minimum absolute atomic E-state index is 0.0345. The smallest absolute Gasteiger partial charge is 0.331 e. The second kappa shape index (κ2) is 10.2. The first-order chi connectivity index (χ1) is 13.8. The summed E-state index contributed by atoms with van der Waals surface area (Å²) in [6.07, 6.45) is 2.60. The lowest BCUT2D eigenvalue weighted by atomic mass is 9.97. The Morgan fingerprint density at radius 1 is 1.14 bits per heavy atom. The number of carbonyl (C=O) groups is 2. The van der Waals surface area contributed by atoms with Gasteiger partial charge in [-0.2, -0.15) is 0 Å². The first-order valence-electron chi connectivity index (χ1n) is 9.34. The molecule has 2 rings (SSSR count). The van der Waals surface area contributed by atoms with Gasteiger partial charge in [0.05, 0.1) is 4.92 Å². The number of ether oxygens (including phenoxy) is 1. The molecule has 152 valence electrons. The molecule has 1 N–H and O–H groups in total. The summed E-state index contributed by atoms with van der Waals surface area (Å²) in [6, 6.07) is 13.3. The van der Waals surface area contributed by atoms with Crippen molar-refractivity contribution in [2.45, 2.75) is 39.2 Å². The summed E-state index contributed by atoms with van der Waals surface area (Å²) < 4.78 is 5.15. The number of non-ortho nitro benzene ring substituents is 1. The fourth-order valence-electron chi connectivity index (χ4n) is 2.63. The molecule has 0 saturated carbocycles. The van der Waals surface area contributed by atoms with Gasteiger partial charge in [-0.05, 0) is 54.7 Å². The number of para-hydroxylation sites is 1. The molecule has 0 heterocycles. The molecule has 0 fully saturated rings. The summed E-state index contributed by atoms with van der Waals surface area (Å²) in [4.78, 5) is 34.5. The molecule has 2 aromatic rings. The van der Waals surface area contributed by atoms with Crippen molar-refractivity contribution in [1.29, 1.82) is 0 Å². The number of nitrogens with zero attached hydrogens (tertiary/aromatic N) is 1. The Morgan fingerprint density at radius 2 is 1.79 bits per heavy atom. The van der Waals surface area contributed by atoms with Gasteiger partial charge in [0.2, 0.25) is 0 Å². The van der Waals surface area contributed by atoms with Gasteiger partial charge < -0.3 is 10.1 Å². The second-order valence-corrected chi connectivity index (χ2v) is 6.65. The zero-order chi connectivity index (χ0) is 21.4. The summed E-state index contributed by atoms with van der Waals surface area (Å²) in [5.74, 6) is -0.812. The number of anilines is 1. The minimum Gasteiger partial charge on any atom is -0.449 e. The Hall–Kier alpha value is -3.48. The van der Waals surface area contributed by atoms with E-state index in [0.29, 0.717) is 11.3 Å². The van der Waals surface area contributed by atoms with Crippen LogP contribution in [0.25, 0.3) is 6.08 Å². The maximum atomic E-state index is 12.4. The quantitative estimate of drug-likeness (QED) is 0.302. The lowest BCUT2D eigenvalue weighted by Crippen LogP contribution is -2.29. The average Bonchev–Trinajstić information content (AvgIpc) is 2.72. The fourth-order valence-corrected chi connectivity index (χ4v) is 2.63. The normalized spacial score (nSPS) is 12.9. The van der Waals surface area contributed by atoms with E-state index in [9.17, 15) is 19.7 Å². The number of esters is 1. The molecule has 7 nitrogen and oxygen atoms in total. The fraction of sp³-hybridized carbons (Fsp3) is 0.273. The van der Waals surface area contributed by atoms with Crippen molar-refractivity contribution in [1.82, 2.24) is 0 Å². The molecule has 0 unspecified atom stereocenters. The van der Waals surface area contributed by atoms with Crippen molar-refractivity contribution in [3.63, 3.8) is 0 Å². The number of carbonyl (C=O) groups excluding carboxylic acids is 2. The molecule has 2 aromatic carbocycles.